The summed E-state index contributed by atoms with van der Waals surface area (Å²) in [4.78, 5) is 26.7. The number of hydrogen-bond acceptors (Lipinski definition) is 5. The van der Waals surface area contributed by atoms with Crippen LogP contribution in [0.3, 0.4) is 0 Å². The van der Waals surface area contributed by atoms with Crippen LogP contribution in [0.2, 0.25) is 5.02 Å². The summed E-state index contributed by atoms with van der Waals surface area (Å²) in [6.07, 6.45) is -0.634. The van der Waals surface area contributed by atoms with Gasteiger partial charge in [0.1, 0.15) is 5.82 Å². The van der Waals surface area contributed by atoms with Crippen LogP contribution in [0.15, 0.2) is 36.7 Å². The van der Waals surface area contributed by atoms with E-state index in [4.69, 9.17) is 11.6 Å². The molecule has 1 aromatic heterocycles. The lowest BCUT2D eigenvalue weighted by molar-refractivity contribution is -0.141. The number of alkyl halides is 3. The van der Waals surface area contributed by atoms with Gasteiger partial charge >= 0.3 is 12.2 Å². The summed E-state index contributed by atoms with van der Waals surface area (Å²) in [5.41, 5.74) is 0.549. The summed E-state index contributed by atoms with van der Waals surface area (Å²) in [7, 11) is 0. The first-order valence-corrected chi connectivity index (χ1v) is 12.6. The number of nitrogens with zero attached hydrogens (tertiary/aromatic N) is 5. The molecule has 2 aliphatic heterocycles. The van der Waals surface area contributed by atoms with Crippen LogP contribution in [0.5, 0.6) is 0 Å². The van der Waals surface area contributed by atoms with E-state index in [1.807, 2.05) is 35.8 Å². The zero-order valence-electron chi connectivity index (χ0n) is 20.3. The second-order valence-electron chi connectivity index (χ2n) is 10.6. The van der Waals surface area contributed by atoms with E-state index in [-0.39, 0.29) is 24.2 Å². The van der Waals surface area contributed by atoms with E-state index >= 15 is 0 Å². The van der Waals surface area contributed by atoms with E-state index in [0.29, 0.717) is 24.3 Å². The number of aromatic nitrogens is 2. The molecule has 2 atom stereocenters. The molecule has 2 amide bonds. The molecule has 3 fully saturated rings. The number of halogens is 4. The minimum absolute atomic E-state index is 0.0784. The Morgan fingerprint density at radius 3 is 2.28 bits per heavy atom. The smallest absolute Gasteiger partial charge is 0.351 e. The van der Waals surface area contributed by atoms with Crippen LogP contribution < -0.4 is 10.2 Å². The molecule has 3 heterocycles. The van der Waals surface area contributed by atoms with Crippen molar-refractivity contribution in [3.63, 3.8) is 0 Å². The molecular formula is C25H30ClF3N6O. The Kier molecular flexibility index (Phi) is 6.53. The molecule has 2 saturated heterocycles. The highest BCUT2D eigenvalue weighted by molar-refractivity contribution is 6.30. The molecule has 2 aromatic rings. The van der Waals surface area contributed by atoms with Gasteiger partial charge in [-0.2, -0.15) is 13.2 Å². The second kappa shape index (κ2) is 9.37. The summed E-state index contributed by atoms with van der Waals surface area (Å²) in [6, 6.07) is 7.81. The third-order valence-electron chi connectivity index (χ3n) is 7.53. The predicted molar refractivity (Wildman–Crippen MR) is 131 cm³/mol. The fourth-order valence-corrected chi connectivity index (χ4v) is 6.12. The van der Waals surface area contributed by atoms with Gasteiger partial charge in [-0.25, -0.2) is 14.8 Å². The van der Waals surface area contributed by atoms with Crippen LogP contribution in [0.4, 0.5) is 23.8 Å². The van der Waals surface area contributed by atoms with Crippen molar-refractivity contribution in [2.45, 2.75) is 57.5 Å². The van der Waals surface area contributed by atoms with Gasteiger partial charge in [0.15, 0.2) is 5.69 Å². The predicted octanol–water partition coefficient (Wildman–Crippen LogP) is 4.42. The lowest BCUT2D eigenvalue weighted by Gasteiger charge is -2.59. The molecular weight excluding hydrogens is 493 g/mol. The third-order valence-corrected chi connectivity index (χ3v) is 7.78. The molecule has 3 aliphatic rings. The minimum atomic E-state index is -4.52. The van der Waals surface area contributed by atoms with Crippen LogP contribution in [-0.2, 0) is 12.7 Å². The molecule has 1 N–H and O–H groups in total. The highest BCUT2D eigenvalue weighted by Crippen LogP contribution is 2.48. The Balaban J connectivity index is 1.09. The van der Waals surface area contributed by atoms with E-state index in [0.717, 1.165) is 49.9 Å². The van der Waals surface area contributed by atoms with Gasteiger partial charge in [0.25, 0.3) is 0 Å². The van der Waals surface area contributed by atoms with Gasteiger partial charge in [-0.05, 0) is 49.8 Å². The molecule has 1 saturated carbocycles. The van der Waals surface area contributed by atoms with E-state index < -0.39 is 11.9 Å². The fraction of sp³-hybridized carbons (Fsp3) is 0.560. The van der Waals surface area contributed by atoms with E-state index in [2.05, 4.69) is 32.3 Å². The highest BCUT2D eigenvalue weighted by atomic mass is 35.5. The number of hydrogen-bond donors (Lipinski definition) is 1. The first-order chi connectivity index (χ1) is 17.0. The van der Waals surface area contributed by atoms with Crippen molar-refractivity contribution in [2.24, 2.45) is 5.41 Å². The number of piperazine rings is 1. The number of urea groups is 1. The number of benzene rings is 1. The molecule has 0 bridgehead atoms. The lowest BCUT2D eigenvalue weighted by atomic mass is 9.60. The number of anilines is 1. The van der Waals surface area contributed by atoms with E-state index in [1.165, 1.54) is 5.56 Å². The zero-order chi connectivity index (χ0) is 25.7. The van der Waals surface area contributed by atoms with Gasteiger partial charge in [-0.15, -0.1) is 0 Å². The Hall–Kier alpha value is -2.59. The summed E-state index contributed by atoms with van der Waals surface area (Å²) in [5, 5.41) is 3.95. The molecule has 11 heteroatoms. The molecule has 36 heavy (non-hydrogen) atoms. The minimum Gasteiger partial charge on any atom is -0.351 e. The van der Waals surface area contributed by atoms with Crippen molar-refractivity contribution in [3.8, 4) is 0 Å². The van der Waals surface area contributed by atoms with Gasteiger partial charge < -0.3 is 15.1 Å². The normalized spacial score (nSPS) is 24.4. The monoisotopic (exact) mass is 522 g/mol. The van der Waals surface area contributed by atoms with Crippen molar-refractivity contribution < 1.29 is 18.0 Å². The summed E-state index contributed by atoms with van der Waals surface area (Å²) < 4.78 is 38.4. The molecule has 1 aromatic carbocycles. The van der Waals surface area contributed by atoms with Crippen LogP contribution in [0, 0.1) is 5.41 Å². The van der Waals surface area contributed by atoms with Crippen LogP contribution in [0.1, 0.15) is 37.9 Å². The first kappa shape index (κ1) is 25.1. The van der Waals surface area contributed by atoms with Gasteiger partial charge in [-0.1, -0.05) is 23.7 Å². The maximum Gasteiger partial charge on any atom is 0.434 e. The van der Waals surface area contributed by atoms with Gasteiger partial charge in [0.2, 0.25) is 0 Å². The highest BCUT2D eigenvalue weighted by Gasteiger charge is 2.52. The Bertz CT molecular complexity index is 1070. The van der Waals surface area contributed by atoms with Crippen molar-refractivity contribution in [1.82, 2.24) is 25.1 Å². The number of rotatable bonds is 4. The number of nitrogens with one attached hydrogen (secondary N) is 1. The average molecular weight is 523 g/mol. The maximum absolute atomic E-state index is 13.1. The number of amides is 2. The molecule has 1 spiro atoms. The second-order valence-corrected chi connectivity index (χ2v) is 11.0. The summed E-state index contributed by atoms with van der Waals surface area (Å²) in [5.74, 6) is 0.385. The van der Waals surface area contributed by atoms with Crippen LogP contribution >= 0.6 is 11.6 Å². The van der Waals surface area contributed by atoms with E-state index in [1.54, 1.807) is 0 Å². The quantitative estimate of drug-likeness (QED) is 0.644. The van der Waals surface area contributed by atoms with Gasteiger partial charge in [0.05, 0.1) is 12.4 Å². The summed E-state index contributed by atoms with van der Waals surface area (Å²) >= 11 is 5.97. The molecule has 7 nitrogen and oxygen atoms in total. The van der Waals surface area contributed by atoms with Crippen molar-refractivity contribution in [1.29, 1.82) is 0 Å². The van der Waals surface area contributed by atoms with E-state index in [9.17, 15) is 18.0 Å². The topological polar surface area (TPSA) is 64.6 Å². The first-order valence-electron chi connectivity index (χ1n) is 12.2. The summed E-state index contributed by atoms with van der Waals surface area (Å²) in [6.45, 7) is 7.85. The van der Waals surface area contributed by atoms with Crippen LogP contribution in [-0.4, -0.2) is 70.1 Å². The number of carbonyl (C=O) groups excluding carboxylic acids is 1. The molecule has 1 aliphatic carbocycles. The lowest BCUT2D eigenvalue weighted by Crippen LogP contribution is -2.68. The van der Waals surface area contributed by atoms with Gasteiger partial charge in [-0.3, -0.25) is 4.90 Å². The van der Waals surface area contributed by atoms with Crippen molar-refractivity contribution in [3.05, 3.63) is 52.9 Å². The molecule has 5 rings (SSSR count). The standard InChI is InChI=1S/C25H30ClF3N6O/c1-16-11-34(22-10-30-21(9-31-22)25(27,28)29)12-17(2)35(16)23(36)32-20-7-24(8-20)14-33(15-24)13-18-3-5-19(26)6-4-18/h3-6,9-10,16-17,20H,7-8,11-15H2,1-2H3,(H,32,36)/t16-,17+. The molecule has 0 radical (unpaired) electrons. The Morgan fingerprint density at radius 2 is 1.72 bits per heavy atom. The number of carbonyl (C=O) groups is 1. The Morgan fingerprint density at radius 1 is 1.08 bits per heavy atom. The molecule has 0 unspecified atom stereocenters. The van der Waals surface area contributed by atoms with Gasteiger partial charge in [0, 0.05) is 55.9 Å². The Labute approximate surface area is 213 Å². The van der Waals surface area contributed by atoms with Crippen molar-refractivity contribution >= 4 is 23.4 Å². The zero-order valence-corrected chi connectivity index (χ0v) is 21.1. The largest absolute Gasteiger partial charge is 0.434 e. The fourth-order valence-electron chi connectivity index (χ4n) is 6.00. The average Bonchev–Trinajstić information content (AvgIpc) is 2.76. The SMILES string of the molecule is C[C@@H]1CN(c2cnc(C(F)(F)F)cn2)C[C@H](C)N1C(=O)NC1CC2(C1)CN(Cc1ccc(Cl)cc1)C2. The number of likely N-dealkylation sites (tertiary alicyclic amines) is 1. The van der Waals surface area contributed by atoms with Crippen molar-refractivity contribution in [2.75, 3.05) is 31.1 Å². The van der Waals surface area contributed by atoms with Crippen LogP contribution in [0.25, 0.3) is 0 Å². The third kappa shape index (κ3) is 5.11. The molecule has 194 valence electrons. The maximum atomic E-state index is 13.1.